The maximum atomic E-state index is 11.1. The average molecular weight is 343 g/mol. The summed E-state index contributed by atoms with van der Waals surface area (Å²) in [5, 5.41) is 2.16. The maximum absolute atomic E-state index is 11.1. The molecule has 1 heterocycles. The van der Waals surface area contributed by atoms with Crippen LogP contribution in [0.4, 0.5) is 0 Å². The van der Waals surface area contributed by atoms with E-state index in [0.29, 0.717) is 11.6 Å². The fourth-order valence-electron chi connectivity index (χ4n) is 1.99. The lowest BCUT2D eigenvalue weighted by Gasteiger charge is -2.07. The van der Waals surface area contributed by atoms with Crippen LogP contribution in [0.25, 0.3) is 10.8 Å². The molecule has 0 fully saturated rings. The first-order valence-electron chi connectivity index (χ1n) is 6.26. The largest absolute Gasteiger partial charge is 0.439 e. The number of hydrogen-bond donors (Lipinski definition) is 1. The van der Waals surface area contributed by atoms with Gasteiger partial charge >= 0.3 is 0 Å². The van der Waals surface area contributed by atoms with Crippen molar-refractivity contribution < 1.29 is 9.53 Å². The fraction of sp³-hybridized carbons (Fsp3) is 0. The molecule has 0 aliphatic carbocycles. The van der Waals surface area contributed by atoms with E-state index < -0.39 is 5.91 Å². The topological polar surface area (TPSA) is 65.2 Å². The number of nitrogens with zero attached hydrogens (tertiary/aromatic N) is 1. The van der Waals surface area contributed by atoms with Crippen LogP contribution in [0, 0.1) is 0 Å². The average Bonchev–Trinajstić information content (AvgIpc) is 2.48. The first kappa shape index (κ1) is 13.6. The zero-order valence-corrected chi connectivity index (χ0v) is 12.5. The minimum atomic E-state index is -0.580. The molecule has 0 aliphatic heterocycles. The third-order valence-corrected chi connectivity index (χ3v) is 3.47. The molecule has 1 amide bonds. The number of halogens is 1. The molecule has 3 rings (SSSR count). The molecule has 4 nitrogen and oxygen atoms in total. The number of fused-ring (bicyclic) bond motifs is 1. The number of ether oxygens (including phenoxy) is 1. The molecular weight excluding hydrogens is 332 g/mol. The van der Waals surface area contributed by atoms with Crippen molar-refractivity contribution in [2.45, 2.75) is 0 Å². The highest BCUT2D eigenvalue weighted by atomic mass is 79.9. The van der Waals surface area contributed by atoms with Crippen molar-refractivity contribution >= 4 is 32.6 Å². The molecule has 5 heteroatoms. The fourth-order valence-corrected chi connectivity index (χ4v) is 2.37. The molecule has 0 saturated heterocycles. The van der Waals surface area contributed by atoms with Crippen molar-refractivity contribution in [2.75, 3.05) is 0 Å². The second kappa shape index (κ2) is 5.54. The second-order valence-corrected chi connectivity index (χ2v) is 5.40. The van der Waals surface area contributed by atoms with Gasteiger partial charge in [0.2, 0.25) is 5.88 Å². The van der Waals surface area contributed by atoms with E-state index >= 15 is 0 Å². The normalized spacial score (nSPS) is 10.5. The van der Waals surface area contributed by atoms with Crippen LogP contribution in [-0.4, -0.2) is 10.9 Å². The number of benzene rings is 2. The monoisotopic (exact) mass is 342 g/mol. The lowest BCUT2D eigenvalue weighted by Crippen LogP contribution is -2.12. The summed E-state index contributed by atoms with van der Waals surface area (Å²) >= 11 is 3.44. The number of primary amides is 1. The van der Waals surface area contributed by atoms with Crippen molar-refractivity contribution in [3.63, 3.8) is 0 Å². The first-order valence-corrected chi connectivity index (χ1v) is 7.05. The molecule has 104 valence electrons. The predicted molar refractivity (Wildman–Crippen MR) is 84.5 cm³/mol. The van der Waals surface area contributed by atoms with E-state index in [0.717, 1.165) is 15.2 Å². The van der Waals surface area contributed by atoms with Crippen LogP contribution in [0.2, 0.25) is 0 Å². The molecule has 0 bridgehead atoms. The molecule has 1 aromatic heterocycles. The summed E-state index contributed by atoms with van der Waals surface area (Å²) in [6.07, 6.45) is 0. The standard InChI is InChI=1S/C16H11BrN2O2/c17-12-6-4-11-9-13(7-5-10(11)8-12)21-15-3-1-2-14(19-15)16(18)20/h1-9H,(H2,18,20). The highest BCUT2D eigenvalue weighted by molar-refractivity contribution is 9.10. The van der Waals surface area contributed by atoms with E-state index in [1.54, 1.807) is 18.2 Å². The molecular formula is C16H11BrN2O2. The third kappa shape index (κ3) is 3.03. The number of nitrogens with two attached hydrogens (primary N) is 1. The molecule has 0 spiro atoms. The number of carbonyl (C=O) groups is 1. The van der Waals surface area contributed by atoms with Gasteiger partial charge < -0.3 is 10.5 Å². The summed E-state index contributed by atoms with van der Waals surface area (Å²) in [4.78, 5) is 15.2. The number of amides is 1. The molecule has 2 N–H and O–H groups in total. The van der Waals surface area contributed by atoms with Crippen LogP contribution in [0.5, 0.6) is 11.6 Å². The van der Waals surface area contributed by atoms with E-state index in [9.17, 15) is 4.79 Å². The van der Waals surface area contributed by atoms with Crippen LogP contribution >= 0.6 is 15.9 Å². The van der Waals surface area contributed by atoms with Gasteiger partial charge in [-0.1, -0.05) is 34.1 Å². The van der Waals surface area contributed by atoms with Crippen LogP contribution in [0.3, 0.4) is 0 Å². The number of aromatic nitrogens is 1. The van der Waals surface area contributed by atoms with E-state index in [1.165, 1.54) is 0 Å². The molecule has 3 aromatic rings. The summed E-state index contributed by atoms with van der Waals surface area (Å²) in [6, 6.07) is 16.6. The van der Waals surface area contributed by atoms with Gasteiger partial charge in [-0.25, -0.2) is 4.98 Å². The highest BCUT2D eigenvalue weighted by Gasteiger charge is 2.05. The molecule has 0 unspecified atom stereocenters. The highest BCUT2D eigenvalue weighted by Crippen LogP contribution is 2.26. The quantitative estimate of drug-likeness (QED) is 0.785. The number of hydrogen-bond acceptors (Lipinski definition) is 3. The maximum Gasteiger partial charge on any atom is 0.267 e. The Morgan fingerprint density at radius 1 is 1.05 bits per heavy atom. The minimum absolute atomic E-state index is 0.178. The van der Waals surface area contributed by atoms with Gasteiger partial charge in [0.1, 0.15) is 11.4 Å². The Morgan fingerprint density at radius 2 is 1.81 bits per heavy atom. The smallest absolute Gasteiger partial charge is 0.267 e. The van der Waals surface area contributed by atoms with Gasteiger partial charge in [0, 0.05) is 10.5 Å². The van der Waals surface area contributed by atoms with E-state index in [1.807, 2.05) is 36.4 Å². The van der Waals surface area contributed by atoms with Gasteiger partial charge in [-0.2, -0.15) is 0 Å². The molecule has 0 aliphatic rings. The van der Waals surface area contributed by atoms with Crippen LogP contribution in [0.15, 0.2) is 59.1 Å². The summed E-state index contributed by atoms with van der Waals surface area (Å²) in [6.45, 7) is 0. The van der Waals surface area contributed by atoms with E-state index in [2.05, 4.69) is 20.9 Å². The lowest BCUT2D eigenvalue weighted by molar-refractivity contribution is 0.0995. The molecule has 0 saturated carbocycles. The SMILES string of the molecule is NC(=O)c1cccc(Oc2ccc3cc(Br)ccc3c2)n1. The first-order chi connectivity index (χ1) is 10.1. The van der Waals surface area contributed by atoms with Crippen LogP contribution in [-0.2, 0) is 0 Å². The Bertz CT molecular complexity index is 833. The summed E-state index contributed by atoms with van der Waals surface area (Å²) in [7, 11) is 0. The lowest BCUT2D eigenvalue weighted by atomic mass is 10.1. The van der Waals surface area contributed by atoms with Crippen molar-refractivity contribution in [3.8, 4) is 11.6 Å². The van der Waals surface area contributed by atoms with Crippen molar-refractivity contribution in [1.29, 1.82) is 0 Å². The number of rotatable bonds is 3. The van der Waals surface area contributed by atoms with Gasteiger partial charge in [0.15, 0.2) is 0 Å². The van der Waals surface area contributed by atoms with Gasteiger partial charge in [0.05, 0.1) is 0 Å². The van der Waals surface area contributed by atoms with Crippen molar-refractivity contribution in [2.24, 2.45) is 5.73 Å². The molecule has 0 atom stereocenters. The zero-order chi connectivity index (χ0) is 14.8. The van der Waals surface area contributed by atoms with Crippen molar-refractivity contribution in [1.82, 2.24) is 4.98 Å². The van der Waals surface area contributed by atoms with Crippen LogP contribution in [0.1, 0.15) is 10.5 Å². The predicted octanol–water partition coefficient (Wildman–Crippen LogP) is 3.89. The molecule has 2 aromatic carbocycles. The van der Waals surface area contributed by atoms with Gasteiger partial charge in [-0.15, -0.1) is 0 Å². The third-order valence-electron chi connectivity index (χ3n) is 2.97. The van der Waals surface area contributed by atoms with Crippen molar-refractivity contribution in [3.05, 3.63) is 64.8 Å². The minimum Gasteiger partial charge on any atom is -0.439 e. The number of carbonyl (C=O) groups excluding carboxylic acids is 1. The van der Waals surface area contributed by atoms with Gasteiger partial charge in [-0.3, -0.25) is 4.79 Å². The Balaban J connectivity index is 1.92. The molecule has 0 radical (unpaired) electrons. The number of pyridine rings is 1. The van der Waals surface area contributed by atoms with Crippen LogP contribution < -0.4 is 10.5 Å². The second-order valence-electron chi connectivity index (χ2n) is 4.48. The summed E-state index contributed by atoms with van der Waals surface area (Å²) < 4.78 is 6.70. The van der Waals surface area contributed by atoms with Gasteiger partial charge in [0.25, 0.3) is 5.91 Å². The van der Waals surface area contributed by atoms with E-state index in [-0.39, 0.29) is 5.69 Å². The Hall–Kier alpha value is -2.40. The zero-order valence-electron chi connectivity index (χ0n) is 10.9. The molecule has 21 heavy (non-hydrogen) atoms. The van der Waals surface area contributed by atoms with Gasteiger partial charge in [-0.05, 0) is 41.1 Å². The Morgan fingerprint density at radius 3 is 2.62 bits per heavy atom. The summed E-state index contributed by atoms with van der Waals surface area (Å²) in [5.41, 5.74) is 5.38. The Labute approximate surface area is 129 Å². The summed E-state index contributed by atoms with van der Waals surface area (Å²) in [5.74, 6) is 0.408. The Kier molecular flexibility index (Phi) is 3.58. The van der Waals surface area contributed by atoms with E-state index in [4.69, 9.17) is 10.5 Å².